The van der Waals surface area contributed by atoms with Crippen molar-refractivity contribution in [2.24, 2.45) is 0 Å². The van der Waals surface area contributed by atoms with Crippen molar-refractivity contribution >= 4 is 5.91 Å². The number of carbonyl (C=O) groups is 1. The van der Waals surface area contributed by atoms with Gasteiger partial charge in [0.15, 0.2) is 0 Å². The molecule has 0 spiro atoms. The summed E-state index contributed by atoms with van der Waals surface area (Å²) in [6, 6.07) is 16.2. The highest BCUT2D eigenvalue weighted by atomic mass is 16.5. The minimum atomic E-state index is -0.105. The summed E-state index contributed by atoms with van der Waals surface area (Å²) in [5.74, 6) is -0.105. The van der Waals surface area contributed by atoms with Crippen LogP contribution in [0.2, 0.25) is 0 Å². The molecule has 0 atom stereocenters. The molecular formula is C22H25N3O2. The monoisotopic (exact) mass is 363 g/mol. The van der Waals surface area contributed by atoms with Crippen LogP contribution in [0.5, 0.6) is 0 Å². The standard InChI is InChI=1S/C22H25N3O2/c1-4-21-20(14-24-25(21)19-11-5-16(2)6-12-19)22(26)23-13-17-7-9-18(10-8-17)15-27-3/h5-12,14H,4,13,15H2,1-3H3,(H,23,26). The van der Waals surface area contributed by atoms with Crippen LogP contribution in [-0.4, -0.2) is 22.8 Å². The van der Waals surface area contributed by atoms with Gasteiger partial charge in [-0.2, -0.15) is 5.10 Å². The van der Waals surface area contributed by atoms with E-state index in [-0.39, 0.29) is 5.91 Å². The number of hydrogen-bond donors (Lipinski definition) is 1. The van der Waals surface area contributed by atoms with Crippen LogP contribution in [0, 0.1) is 6.92 Å². The van der Waals surface area contributed by atoms with Crippen molar-refractivity contribution in [3.8, 4) is 5.69 Å². The number of carbonyl (C=O) groups excluding carboxylic acids is 1. The zero-order valence-electron chi connectivity index (χ0n) is 16.0. The molecule has 27 heavy (non-hydrogen) atoms. The number of nitrogens with zero attached hydrogens (tertiary/aromatic N) is 2. The van der Waals surface area contributed by atoms with Gasteiger partial charge in [0, 0.05) is 13.7 Å². The Morgan fingerprint density at radius 3 is 2.37 bits per heavy atom. The van der Waals surface area contributed by atoms with E-state index in [1.54, 1.807) is 13.3 Å². The molecule has 0 fully saturated rings. The van der Waals surface area contributed by atoms with Crippen LogP contribution in [-0.2, 0) is 24.3 Å². The molecule has 1 heterocycles. The molecule has 140 valence electrons. The van der Waals surface area contributed by atoms with E-state index in [9.17, 15) is 4.79 Å². The summed E-state index contributed by atoms with van der Waals surface area (Å²) in [7, 11) is 1.68. The minimum Gasteiger partial charge on any atom is -0.380 e. The number of nitrogens with one attached hydrogen (secondary N) is 1. The summed E-state index contributed by atoms with van der Waals surface area (Å²) in [4.78, 5) is 12.7. The molecule has 3 aromatic rings. The SMILES string of the molecule is CCc1c(C(=O)NCc2ccc(COC)cc2)cnn1-c1ccc(C)cc1. The largest absolute Gasteiger partial charge is 0.380 e. The molecule has 5 heteroatoms. The molecular weight excluding hydrogens is 338 g/mol. The maximum Gasteiger partial charge on any atom is 0.255 e. The van der Waals surface area contributed by atoms with Crippen LogP contribution >= 0.6 is 0 Å². The molecule has 0 saturated heterocycles. The van der Waals surface area contributed by atoms with E-state index >= 15 is 0 Å². The van der Waals surface area contributed by atoms with Crippen molar-refractivity contribution in [3.05, 3.63) is 82.7 Å². The van der Waals surface area contributed by atoms with Gasteiger partial charge in [-0.15, -0.1) is 0 Å². The van der Waals surface area contributed by atoms with Crippen LogP contribution in [0.1, 0.15) is 39.7 Å². The molecule has 0 radical (unpaired) electrons. The number of ether oxygens (including phenoxy) is 1. The van der Waals surface area contributed by atoms with Gasteiger partial charge < -0.3 is 10.1 Å². The molecule has 1 N–H and O–H groups in total. The quantitative estimate of drug-likeness (QED) is 0.694. The third-order valence-electron chi connectivity index (χ3n) is 4.51. The highest BCUT2D eigenvalue weighted by molar-refractivity contribution is 5.95. The Balaban J connectivity index is 1.72. The Kier molecular flexibility index (Phi) is 6.04. The van der Waals surface area contributed by atoms with Crippen molar-refractivity contribution in [1.82, 2.24) is 15.1 Å². The van der Waals surface area contributed by atoms with E-state index in [4.69, 9.17) is 4.74 Å². The molecule has 3 rings (SSSR count). The first-order valence-corrected chi connectivity index (χ1v) is 9.11. The smallest absolute Gasteiger partial charge is 0.255 e. The van der Waals surface area contributed by atoms with Gasteiger partial charge in [0.1, 0.15) is 0 Å². The van der Waals surface area contributed by atoms with Crippen LogP contribution < -0.4 is 5.32 Å². The summed E-state index contributed by atoms with van der Waals surface area (Å²) < 4.78 is 6.96. The van der Waals surface area contributed by atoms with E-state index in [1.165, 1.54) is 5.56 Å². The number of methoxy groups -OCH3 is 1. The fraction of sp³-hybridized carbons (Fsp3) is 0.273. The average molecular weight is 363 g/mol. The average Bonchev–Trinajstić information content (AvgIpc) is 3.12. The number of rotatable bonds is 7. The van der Waals surface area contributed by atoms with Crippen molar-refractivity contribution in [3.63, 3.8) is 0 Å². The van der Waals surface area contributed by atoms with Crippen molar-refractivity contribution in [2.45, 2.75) is 33.4 Å². The number of benzene rings is 2. The molecule has 0 saturated carbocycles. The molecule has 0 aliphatic carbocycles. The first-order valence-electron chi connectivity index (χ1n) is 9.11. The van der Waals surface area contributed by atoms with E-state index < -0.39 is 0 Å². The molecule has 0 aliphatic rings. The van der Waals surface area contributed by atoms with Crippen LogP contribution in [0.25, 0.3) is 5.69 Å². The minimum absolute atomic E-state index is 0.105. The van der Waals surface area contributed by atoms with Gasteiger partial charge in [-0.1, -0.05) is 48.9 Å². The maximum absolute atomic E-state index is 12.7. The maximum atomic E-state index is 12.7. The predicted octanol–water partition coefficient (Wildman–Crippen LogP) is 3.82. The van der Waals surface area contributed by atoms with Gasteiger partial charge in [0.05, 0.1) is 29.7 Å². The summed E-state index contributed by atoms with van der Waals surface area (Å²) >= 11 is 0. The summed E-state index contributed by atoms with van der Waals surface area (Å²) in [6.07, 6.45) is 2.37. The number of aryl methyl sites for hydroxylation is 1. The Labute approximate surface area is 160 Å². The van der Waals surface area contributed by atoms with Crippen LogP contribution in [0.3, 0.4) is 0 Å². The van der Waals surface area contributed by atoms with E-state index in [2.05, 4.69) is 10.4 Å². The Morgan fingerprint density at radius 2 is 1.74 bits per heavy atom. The van der Waals surface area contributed by atoms with Gasteiger partial charge in [-0.05, 0) is 36.6 Å². The lowest BCUT2D eigenvalue weighted by molar-refractivity contribution is 0.0950. The number of amides is 1. The van der Waals surface area contributed by atoms with Crippen molar-refractivity contribution in [1.29, 1.82) is 0 Å². The van der Waals surface area contributed by atoms with E-state index in [0.29, 0.717) is 18.7 Å². The fourth-order valence-electron chi connectivity index (χ4n) is 3.01. The van der Waals surface area contributed by atoms with Gasteiger partial charge in [0.25, 0.3) is 5.91 Å². The lowest BCUT2D eigenvalue weighted by Crippen LogP contribution is -2.23. The van der Waals surface area contributed by atoms with E-state index in [0.717, 1.165) is 28.9 Å². The second-order valence-corrected chi connectivity index (χ2v) is 6.54. The van der Waals surface area contributed by atoms with Crippen LogP contribution in [0.15, 0.2) is 54.7 Å². The lowest BCUT2D eigenvalue weighted by atomic mass is 10.1. The second-order valence-electron chi connectivity index (χ2n) is 6.54. The van der Waals surface area contributed by atoms with Crippen molar-refractivity contribution in [2.75, 3.05) is 7.11 Å². The normalized spacial score (nSPS) is 10.8. The Bertz CT molecular complexity index is 896. The van der Waals surface area contributed by atoms with Gasteiger partial charge in [-0.25, -0.2) is 4.68 Å². The summed E-state index contributed by atoms with van der Waals surface area (Å²) in [6.45, 7) is 5.15. The Morgan fingerprint density at radius 1 is 1.07 bits per heavy atom. The molecule has 2 aromatic carbocycles. The summed E-state index contributed by atoms with van der Waals surface area (Å²) in [5.41, 5.74) is 5.84. The van der Waals surface area contributed by atoms with E-state index in [1.807, 2.05) is 67.1 Å². The van der Waals surface area contributed by atoms with Gasteiger partial charge in [-0.3, -0.25) is 4.79 Å². The first kappa shape index (κ1) is 18.9. The van der Waals surface area contributed by atoms with Gasteiger partial charge >= 0.3 is 0 Å². The third kappa shape index (κ3) is 4.44. The van der Waals surface area contributed by atoms with Gasteiger partial charge in [0.2, 0.25) is 0 Å². The summed E-state index contributed by atoms with van der Waals surface area (Å²) in [5, 5.41) is 7.43. The Hall–Kier alpha value is -2.92. The zero-order chi connectivity index (χ0) is 19.2. The lowest BCUT2D eigenvalue weighted by Gasteiger charge is -2.09. The molecule has 1 amide bonds. The molecule has 0 unspecified atom stereocenters. The zero-order valence-corrected chi connectivity index (χ0v) is 16.0. The first-order chi connectivity index (χ1) is 13.1. The predicted molar refractivity (Wildman–Crippen MR) is 106 cm³/mol. The second kappa shape index (κ2) is 8.64. The third-order valence-corrected chi connectivity index (χ3v) is 4.51. The molecule has 0 aliphatic heterocycles. The molecule has 0 bridgehead atoms. The number of hydrogen-bond acceptors (Lipinski definition) is 3. The topological polar surface area (TPSA) is 56.1 Å². The number of aromatic nitrogens is 2. The highest BCUT2D eigenvalue weighted by Gasteiger charge is 2.17. The molecule has 1 aromatic heterocycles. The molecule has 5 nitrogen and oxygen atoms in total. The van der Waals surface area contributed by atoms with Crippen LogP contribution in [0.4, 0.5) is 0 Å². The highest BCUT2D eigenvalue weighted by Crippen LogP contribution is 2.17. The van der Waals surface area contributed by atoms with Crippen molar-refractivity contribution < 1.29 is 9.53 Å². The fourth-order valence-corrected chi connectivity index (χ4v) is 3.01.